The summed E-state index contributed by atoms with van der Waals surface area (Å²) >= 11 is 1.80. The highest BCUT2D eigenvalue weighted by Crippen LogP contribution is 2.18. The molecule has 0 unspecified atom stereocenters. The summed E-state index contributed by atoms with van der Waals surface area (Å²) < 4.78 is 11.0. The van der Waals surface area contributed by atoms with Gasteiger partial charge in [0.15, 0.2) is 0 Å². The van der Waals surface area contributed by atoms with E-state index < -0.39 is 0 Å². The maximum absolute atomic E-state index is 5.76. The molecule has 1 heterocycles. The zero-order valence-corrected chi connectivity index (χ0v) is 12.8. The lowest BCUT2D eigenvalue weighted by atomic mass is 10.2. The molecule has 0 spiro atoms. The Kier molecular flexibility index (Phi) is 6.05. The van der Waals surface area contributed by atoms with Crippen LogP contribution in [0.5, 0.6) is 5.75 Å². The standard InChI is InChI=1S/C16H21NO2S/c1-3-17-10-15-7-8-16(20-15)12-19-11-13-5-4-6-14(9-13)18-2/h4-9,17H,3,10-12H2,1-2H3. The minimum absolute atomic E-state index is 0.609. The molecule has 108 valence electrons. The van der Waals surface area contributed by atoms with Crippen LogP contribution >= 0.6 is 11.3 Å². The van der Waals surface area contributed by atoms with Gasteiger partial charge in [0.05, 0.1) is 20.3 Å². The van der Waals surface area contributed by atoms with Crippen LogP contribution in [0.4, 0.5) is 0 Å². The number of thiophene rings is 1. The Morgan fingerprint density at radius 2 is 1.95 bits per heavy atom. The zero-order chi connectivity index (χ0) is 14.2. The van der Waals surface area contributed by atoms with Gasteiger partial charge in [0.25, 0.3) is 0 Å². The highest BCUT2D eigenvalue weighted by Gasteiger charge is 2.01. The van der Waals surface area contributed by atoms with Gasteiger partial charge in [-0.05, 0) is 36.4 Å². The topological polar surface area (TPSA) is 30.5 Å². The predicted molar refractivity (Wildman–Crippen MR) is 83.2 cm³/mol. The molecule has 2 rings (SSSR count). The number of hydrogen-bond donors (Lipinski definition) is 1. The molecule has 0 amide bonds. The van der Waals surface area contributed by atoms with Crippen molar-refractivity contribution in [1.82, 2.24) is 5.32 Å². The van der Waals surface area contributed by atoms with E-state index in [-0.39, 0.29) is 0 Å². The summed E-state index contributed by atoms with van der Waals surface area (Å²) in [6.45, 7) is 5.33. The van der Waals surface area contributed by atoms with Crippen LogP contribution in [0.25, 0.3) is 0 Å². The van der Waals surface area contributed by atoms with Crippen LogP contribution in [-0.4, -0.2) is 13.7 Å². The minimum atomic E-state index is 0.609. The van der Waals surface area contributed by atoms with Gasteiger partial charge in [-0.1, -0.05) is 19.1 Å². The van der Waals surface area contributed by atoms with Crippen LogP contribution in [0.3, 0.4) is 0 Å². The van der Waals surface area contributed by atoms with E-state index in [2.05, 4.69) is 24.4 Å². The molecule has 0 saturated heterocycles. The van der Waals surface area contributed by atoms with Crippen molar-refractivity contribution in [3.8, 4) is 5.75 Å². The van der Waals surface area contributed by atoms with Crippen molar-refractivity contribution in [2.75, 3.05) is 13.7 Å². The lowest BCUT2D eigenvalue weighted by molar-refractivity contribution is 0.109. The first-order valence-corrected chi connectivity index (χ1v) is 7.62. The molecule has 1 aromatic carbocycles. The summed E-state index contributed by atoms with van der Waals surface area (Å²) in [5.41, 5.74) is 1.13. The summed E-state index contributed by atoms with van der Waals surface area (Å²) in [7, 11) is 1.68. The van der Waals surface area contributed by atoms with Crippen LogP contribution in [-0.2, 0) is 24.5 Å². The summed E-state index contributed by atoms with van der Waals surface area (Å²) in [6, 6.07) is 12.3. The van der Waals surface area contributed by atoms with Crippen LogP contribution in [0.15, 0.2) is 36.4 Å². The molecular weight excluding hydrogens is 270 g/mol. The van der Waals surface area contributed by atoms with E-state index in [0.29, 0.717) is 13.2 Å². The van der Waals surface area contributed by atoms with Crippen molar-refractivity contribution < 1.29 is 9.47 Å². The van der Waals surface area contributed by atoms with Gasteiger partial charge in [0.1, 0.15) is 5.75 Å². The van der Waals surface area contributed by atoms with Crippen LogP contribution in [0, 0.1) is 0 Å². The van der Waals surface area contributed by atoms with E-state index in [9.17, 15) is 0 Å². The van der Waals surface area contributed by atoms with E-state index in [1.807, 2.05) is 24.3 Å². The van der Waals surface area contributed by atoms with Crippen molar-refractivity contribution >= 4 is 11.3 Å². The van der Waals surface area contributed by atoms with Crippen LogP contribution < -0.4 is 10.1 Å². The fraction of sp³-hybridized carbons (Fsp3) is 0.375. The van der Waals surface area contributed by atoms with E-state index in [4.69, 9.17) is 9.47 Å². The highest BCUT2D eigenvalue weighted by atomic mass is 32.1. The van der Waals surface area contributed by atoms with Gasteiger partial charge in [0.2, 0.25) is 0 Å². The van der Waals surface area contributed by atoms with Crippen molar-refractivity contribution in [1.29, 1.82) is 0 Å². The molecule has 0 aliphatic rings. The Morgan fingerprint density at radius 1 is 1.10 bits per heavy atom. The number of methoxy groups -OCH3 is 1. The zero-order valence-electron chi connectivity index (χ0n) is 12.0. The smallest absolute Gasteiger partial charge is 0.119 e. The van der Waals surface area contributed by atoms with Gasteiger partial charge < -0.3 is 14.8 Å². The average molecular weight is 291 g/mol. The van der Waals surface area contributed by atoms with E-state index in [0.717, 1.165) is 24.4 Å². The van der Waals surface area contributed by atoms with Gasteiger partial charge in [-0.15, -0.1) is 11.3 Å². The summed E-state index contributed by atoms with van der Waals surface area (Å²) in [6.07, 6.45) is 0. The van der Waals surface area contributed by atoms with Crippen molar-refractivity contribution in [2.45, 2.75) is 26.7 Å². The third-order valence-corrected chi connectivity index (χ3v) is 3.97. The second-order valence-corrected chi connectivity index (χ2v) is 5.75. The molecule has 1 N–H and O–H groups in total. The normalized spacial score (nSPS) is 10.7. The first-order valence-electron chi connectivity index (χ1n) is 6.80. The van der Waals surface area contributed by atoms with Gasteiger partial charge in [-0.2, -0.15) is 0 Å². The SMILES string of the molecule is CCNCc1ccc(COCc2cccc(OC)c2)s1. The van der Waals surface area contributed by atoms with Crippen LogP contribution in [0.2, 0.25) is 0 Å². The molecule has 2 aromatic rings. The summed E-state index contributed by atoms with van der Waals surface area (Å²) in [5, 5.41) is 3.33. The molecule has 0 fully saturated rings. The molecule has 1 aromatic heterocycles. The average Bonchev–Trinajstić information content (AvgIpc) is 2.93. The second kappa shape index (κ2) is 8.04. The highest BCUT2D eigenvalue weighted by molar-refractivity contribution is 7.11. The number of nitrogens with one attached hydrogen (secondary N) is 1. The van der Waals surface area contributed by atoms with E-state index in [1.165, 1.54) is 9.75 Å². The van der Waals surface area contributed by atoms with Gasteiger partial charge in [-0.3, -0.25) is 0 Å². The first kappa shape index (κ1) is 15.0. The summed E-state index contributed by atoms with van der Waals surface area (Å²) in [5.74, 6) is 0.871. The maximum atomic E-state index is 5.76. The van der Waals surface area contributed by atoms with E-state index >= 15 is 0 Å². The number of benzene rings is 1. The van der Waals surface area contributed by atoms with Crippen molar-refractivity contribution in [3.63, 3.8) is 0 Å². The third kappa shape index (κ3) is 4.63. The molecule has 0 atom stereocenters. The minimum Gasteiger partial charge on any atom is -0.497 e. The number of ether oxygens (including phenoxy) is 2. The molecule has 0 saturated carbocycles. The second-order valence-electron chi connectivity index (χ2n) is 4.49. The van der Waals surface area contributed by atoms with Gasteiger partial charge in [-0.25, -0.2) is 0 Å². The number of rotatable bonds is 8. The quantitative estimate of drug-likeness (QED) is 0.806. The fourth-order valence-corrected chi connectivity index (χ4v) is 2.80. The first-order chi connectivity index (χ1) is 9.81. The Balaban J connectivity index is 1.78. The number of hydrogen-bond acceptors (Lipinski definition) is 4. The van der Waals surface area contributed by atoms with E-state index in [1.54, 1.807) is 18.4 Å². The molecule has 0 aliphatic carbocycles. The van der Waals surface area contributed by atoms with Crippen molar-refractivity contribution in [3.05, 3.63) is 51.7 Å². The molecule has 4 heteroatoms. The third-order valence-electron chi connectivity index (χ3n) is 2.91. The molecule has 0 radical (unpaired) electrons. The molecule has 0 bridgehead atoms. The Morgan fingerprint density at radius 3 is 2.75 bits per heavy atom. The molecule has 20 heavy (non-hydrogen) atoms. The van der Waals surface area contributed by atoms with Gasteiger partial charge >= 0.3 is 0 Å². The van der Waals surface area contributed by atoms with Crippen molar-refractivity contribution in [2.24, 2.45) is 0 Å². The van der Waals surface area contributed by atoms with Crippen LogP contribution in [0.1, 0.15) is 22.2 Å². The fourth-order valence-electron chi connectivity index (χ4n) is 1.87. The predicted octanol–water partition coefficient (Wildman–Crippen LogP) is 3.58. The van der Waals surface area contributed by atoms with Gasteiger partial charge in [0, 0.05) is 16.3 Å². The molecular formula is C16H21NO2S. The maximum Gasteiger partial charge on any atom is 0.119 e. The summed E-state index contributed by atoms with van der Waals surface area (Å²) in [4.78, 5) is 2.62. The Bertz CT molecular complexity index is 525. The molecule has 0 aliphatic heterocycles. The Labute approximate surface area is 124 Å². The lowest BCUT2D eigenvalue weighted by Gasteiger charge is -2.05. The lowest BCUT2D eigenvalue weighted by Crippen LogP contribution is -2.10. The largest absolute Gasteiger partial charge is 0.497 e. The Hall–Kier alpha value is -1.36. The monoisotopic (exact) mass is 291 g/mol. The molecule has 3 nitrogen and oxygen atoms in total.